The number of nitrogens with zero attached hydrogens (tertiary/aromatic N) is 1. The van der Waals surface area contributed by atoms with E-state index in [2.05, 4.69) is 33.2 Å². The van der Waals surface area contributed by atoms with Crippen LogP contribution in [-0.4, -0.2) is 11.5 Å². The fourth-order valence-electron chi connectivity index (χ4n) is 1.95. The molecule has 2 aromatic rings. The van der Waals surface area contributed by atoms with Crippen molar-refractivity contribution in [2.45, 2.75) is 27.2 Å². The molecule has 1 N–H and O–H groups in total. The standard InChI is InChI=1S/C14H16BrFN2/c1-4-5-17-14-8(2)9(3)18-13-7-12(16)11(15)6-10(13)14/h6-7H,4-5H2,1-3H3,(H,17,18). The van der Waals surface area contributed by atoms with E-state index < -0.39 is 0 Å². The molecule has 96 valence electrons. The summed E-state index contributed by atoms with van der Waals surface area (Å²) in [5.74, 6) is -0.278. The first-order chi connectivity index (χ1) is 8.54. The zero-order valence-corrected chi connectivity index (χ0v) is 12.4. The Hall–Kier alpha value is -1.16. The molecule has 0 aliphatic rings. The van der Waals surface area contributed by atoms with Gasteiger partial charge in [0.15, 0.2) is 0 Å². The predicted molar refractivity (Wildman–Crippen MR) is 77.7 cm³/mol. The van der Waals surface area contributed by atoms with Crippen LogP contribution in [0, 0.1) is 19.7 Å². The zero-order valence-electron chi connectivity index (χ0n) is 10.8. The summed E-state index contributed by atoms with van der Waals surface area (Å²) in [6.45, 7) is 7.01. The Labute approximate surface area is 115 Å². The van der Waals surface area contributed by atoms with Crippen LogP contribution < -0.4 is 5.32 Å². The molecular weight excluding hydrogens is 295 g/mol. The van der Waals surface area contributed by atoms with E-state index in [1.807, 2.05) is 13.8 Å². The van der Waals surface area contributed by atoms with Crippen molar-refractivity contribution in [3.8, 4) is 0 Å². The van der Waals surface area contributed by atoms with Crippen LogP contribution in [0.4, 0.5) is 10.1 Å². The van der Waals surface area contributed by atoms with Gasteiger partial charge in [0, 0.05) is 29.4 Å². The minimum atomic E-state index is -0.278. The second-order valence-corrected chi connectivity index (χ2v) is 5.26. The predicted octanol–water partition coefficient (Wildman–Crippen LogP) is 4.58. The average molecular weight is 311 g/mol. The summed E-state index contributed by atoms with van der Waals surface area (Å²) < 4.78 is 14.0. The third kappa shape index (κ3) is 2.34. The highest BCUT2D eigenvalue weighted by atomic mass is 79.9. The minimum Gasteiger partial charge on any atom is -0.384 e. The van der Waals surface area contributed by atoms with Crippen LogP contribution in [0.1, 0.15) is 24.6 Å². The Balaban J connectivity index is 2.71. The van der Waals surface area contributed by atoms with Gasteiger partial charge in [0.05, 0.1) is 9.99 Å². The molecule has 4 heteroatoms. The molecule has 0 atom stereocenters. The van der Waals surface area contributed by atoms with Crippen LogP contribution in [0.5, 0.6) is 0 Å². The fraction of sp³-hybridized carbons (Fsp3) is 0.357. The third-order valence-corrected chi connectivity index (χ3v) is 3.67. The Kier molecular flexibility index (Phi) is 3.85. The summed E-state index contributed by atoms with van der Waals surface area (Å²) >= 11 is 3.23. The van der Waals surface area contributed by atoms with Gasteiger partial charge >= 0.3 is 0 Å². The van der Waals surface area contributed by atoms with Crippen molar-refractivity contribution in [3.05, 3.63) is 33.7 Å². The molecule has 18 heavy (non-hydrogen) atoms. The Morgan fingerprint density at radius 2 is 2.06 bits per heavy atom. The number of rotatable bonds is 3. The van der Waals surface area contributed by atoms with Gasteiger partial charge in [0.2, 0.25) is 0 Å². The van der Waals surface area contributed by atoms with Gasteiger partial charge in [-0.25, -0.2) is 4.39 Å². The van der Waals surface area contributed by atoms with Crippen LogP contribution in [0.2, 0.25) is 0 Å². The van der Waals surface area contributed by atoms with E-state index in [0.717, 1.165) is 35.3 Å². The molecule has 0 bridgehead atoms. The Bertz CT molecular complexity index is 591. The van der Waals surface area contributed by atoms with Crippen LogP contribution in [-0.2, 0) is 0 Å². The van der Waals surface area contributed by atoms with E-state index >= 15 is 0 Å². The van der Waals surface area contributed by atoms with Crippen molar-refractivity contribution >= 4 is 32.5 Å². The average Bonchev–Trinajstić information content (AvgIpc) is 2.33. The van der Waals surface area contributed by atoms with Crippen LogP contribution in [0.25, 0.3) is 10.9 Å². The molecule has 0 fully saturated rings. The van der Waals surface area contributed by atoms with E-state index in [1.165, 1.54) is 6.07 Å². The Morgan fingerprint density at radius 1 is 1.33 bits per heavy atom. The van der Waals surface area contributed by atoms with Gasteiger partial charge in [-0.15, -0.1) is 0 Å². The van der Waals surface area contributed by atoms with Gasteiger partial charge in [-0.05, 0) is 47.8 Å². The maximum absolute atomic E-state index is 13.6. The second kappa shape index (κ2) is 5.22. The smallest absolute Gasteiger partial charge is 0.139 e. The van der Waals surface area contributed by atoms with Crippen molar-refractivity contribution in [3.63, 3.8) is 0 Å². The van der Waals surface area contributed by atoms with Gasteiger partial charge in [0.25, 0.3) is 0 Å². The molecule has 0 aliphatic carbocycles. The number of benzene rings is 1. The fourth-order valence-corrected chi connectivity index (χ4v) is 2.30. The lowest BCUT2D eigenvalue weighted by molar-refractivity contribution is 0.623. The topological polar surface area (TPSA) is 24.9 Å². The summed E-state index contributed by atoms with van der Waals surface area (Å²) in [6, 6.07) is 3.27. The zero-order chi connectivity index (χ0) is 13.3. The molecule has 1 aromatic heterocycles. The number of hydrogen-bond acceptors (Lipinski definition) is 2. The maximum Gasteiger partial charge on any atom is 0.139 e. The number of anilines is 1. The van der Waals surface area contributed by atoms with Gasteiger partial charge in [-0.3, -0.25) is 4.98 Å². The molecule has 0 saturated carbocycles. The number of pyridine rings is 1. The van der Waals surface area contributed by atoms with E-state index in [-0.39, 0.29) is 5.82 Å². The monoisotopic (exact) mass is 310 g/mol. The highest BCUT2D eigenvalue weighted by molar-refractivity contribution is 9.10. The summed E-state index contributed by atoms with van der Waals surface area (Å²) in [5.41, 5.74) is 3.80. The molecule has 1 aromatic carbocycles. The highest BCUT2D eigenvalue weighted by Crippen LogP contribution is 2.31. The van der Waals surface area contributed by atoms with Gasteiger partial charge < -0.3 is 5.32 Å². The summed E-state index contributed by atoms with van der Waals surface area (Å²) in [7, 11) is 0. The van der Waals surface area contributed by atoms with E-state index in [4.69, 9.17) is 0 Å². The first-order valence-corrected chi connectivity index (χ1v) is 6.83. The molecule has 0 spiro atoms. The molecule has 0 radical (unpaired) electrons. The normalized spacial score (nSPS) is 10.9. The SMILES string of the molecule is CCCNc1c(C)c(C)nc2cc(F)c(Br)cc12. The van der Waals surface area contributed by atoms with Crippen molar-refractivity contribution in [2.24, 2.45) is 0 Å². The number of fused-ring (bicyclic) bond motifs is 1. The molecule has 0 amide bonds. The largest absolute Gasteiger partial charge is 0.384 e. The van der Waals surface area contributed by atoms with E-state index in [9.17, 15) is 4.39 Å². The number of hydrogen-bond donors (Lipinski definition) is 1. The molecular formula is C14H16BrFN2. The molecule has 0 aliphatic heterocycles. The number of aromatic nitrogens is 1. The first kappa shape index (κ1) is 13.3. The quantitative estimate of drug-likeness (QED) is 0.898. The third-order valence-electron chi connectivity index (χ3n) is 3.07. The van der Waals surface area contributed by atoms with E-state index in [1.54, 1.807) is 6.07 Å². The molecule has 0 saturated heterocycles. The molecule has 0 unspecified atom stereocenters. The minimum absolute atomic E-state index is 0.278. The van der Waals surface area contributed by atoms with Crippen LogP contribution >= 0.6 is 15.9 Å². The van der Waals surface area contributed by atoms with Crippen molar-refractivity contribution < 1.29 is 4.39 Å². The molecule has 2 nitrogen and oxygen atoms in total. The molecule has 2 rings (SSSR count). The first-order valence-electron chi connectivity index (χ1n) is 6.04. The Morgan fingerprint density at radius 3 is 2.72 bits per heavy atom. The second-order valence-electron chi connectivity index (χ2n) is 4.41. The van der Waals surface area contributed by atoms with Crippen LogP contribution in [0.3, 0.4) is 0 Å². The maximum atomic E-state index is 13.6. The lowest BCUT2D eigenvalue weighted by atomic mass is 10.1. The number of nitrogens with one attached hydrogen (secondary N) is 1. The summed E-state index contributed by atoms with van der Waals surface area (Å²) in [5, 5.41) is 4.37. The van der Waals surface area contributed by atoms with Gasteiger partial charge in [-0.2, -0.15) is 0 Å². The van der Waals surface area contributed by atoms with Crippen molar-refractivity contribution in [1.82, 2.24) is 4.98 Å². The van der Waals surface area contributed by atoms with Crippen molar-refractivity contribution in [2.75, 3.05) is 11.9 Å². The lowest BCUT2D eigenvalue weighted by Crippen LogP contribution is -2.05. The summed E-state index contributed by atoms with van der Waals surface area (Å²) in [4.78, 5) is 4.45. The van der Waals surface area contributed by atoms with E-state index in [0.29, 0.717) is 9.99 Å². The number of aryl methyl sites for hydroxylation is 1. The van der Waals surface area contributed by atoms with Crippen LogP contribution in [0.15, 0.2) is 16.6 Å². The molecule has 1 heterocycles. The number of halogens is 2. The van der Waals surface area contributed by atoms with Gasteiger partial charge in [0.1, 0.15) is 5.82 Å². The highest BCUT2D eigenvalue weighted by Gasteiger charge is 2.11. The van der Waals surface area contributed by atoms with Gasteiger partial charge in [-0.1, -0.05) is 6.92 Å². The van der Waals surface area contributed by atoms with Crippen molar-refractivity contribution in [1.29, 1.82) is 0 Å². The summed E-state index contributed by atoms with van der Waals surface area (Å²) in [6.07, 6.45) is 1.05. The lowest BCUT2D eigenvalue weighted by Gasteiger charge is -2.14.